The van der Waals surface area contributed by atoms with Crippen LogP contribution in [0, 0.1) is 5.82 Å². The van der Waals surface area contributed by atoms with Gasteiger partial charge in [0, 0.05) is 17.7 Å². The minimum atomic E-state index is -0.293. The smallest absolute Gasteiger partial charge is 0.264 e. The Kier molecular flexibility index (Phi) is 4.25. The van der Waals surface area contributed by atoms with Gasteiger partial charge in [-0.05, 0) is 48.9 Å². The molecule has 3 heterocycles. The molecular formula is C18H18FN3O2S. The number of nitrogens with zero attached hydrogens (tertiary/aromatic N) is 3. The van der Waals surface area contributed by atoms with E-state index in [-0.39, 0.29) is 17.8 Å². The van der Waals surface area contributed by atoms with Crippen molar-refractivity contribution >= 4 is 27.3 Å². The normalized spacial score (nSPS) is 18.0. The first-order valence-corrected chi connectivity index (χ1v) is 9.30. The van der Waals surface area contributed by atoms with Gasteiger partial charge in [0.1, 0.15) is 5.82 Å². The van der Waals surface area contributed by atoms with Gasteiger partial charge in [0.15, 0.2) is 5.82 Å². The van der Waals surface area contributed by atoms with Crippen LogP contribution >= 0.6 is 11.3 Å². The lowest BCUT2D eigenvalue weighted by atomic mass is 10.0. The number of aryl methyl sites for hydroxylation is 1. The van der Waals surface area contributed by atoms with Crippen LogP contribution in [0.3, 0.4) is 0 Å². The second-order valence-corrected chi connectivity index (χ2v) is 7.29. The van der Waals surface area contributed by atoms with Gasteiger partial charge < -0.3 is 9.42 Å². The van der Waals surface area contributed by atoms with Crippen LogP contribution in [-0.2, 0) is 6.42 Å². The highest BCUT2D eigenvalue weighted by atomic mass is 32.1. The van der Waals surface area contributed by atoms with Crippen LogP contribution in [0.4, 0.5) is 4.39 Å². The fourth-order valence-corrected chi connectivity index (χ4v) is 4.25. The van der Waals surface area contributed by atoms with E-state index < -0.39 is 0 Å². The molecule has 0 radical (unpaired) electrons. The highest BCUT2D eigenvalue weighted by Gasteiger charge is 2.32. The molecule has 25 heavy (non-hydrogen) atoms. The zero-order valence-corrected chi connectivity index (χ0v) is 14.7. The molecule has 1 unspecified atom stereocenters. The molecule has 1 fully saturated rings. The van der Waals surface area contributed by atoms with Crippen molar-refractivity contribution in [2.75, 3.05) is 6.54 Å². The standard InChI is InChI=1S/C18H18FN3O2S/c1-2-16-20-17(21-24-16)13-5-3-4-8-22(13)18(23)15-10-11-9-12(19)6-7-14(11)25-15/h6-7,9-10,13H,2-5,8H2,1H3. The third kappa shape index (κ3) is 3.04. The Morgan fingerprint density at radius 2 is 2.28 bits per heavy atom. The first-order valence-electron chi connectivity index (χ1n) is 8.48. The zero-order chi connectivity index (χ0) is 17.4. The maximum atomic E-state index is 13.4. The van der Waals surface area contributed by atoms with Crippen LogP contribution < -0.4 is 0 Å². The van der Waals surface area contributed by atoms with E-state index in [0.29, 0.717) is 29.6 Å². The lowest BCUT2D eigenvalue weighted by Gasteiger charge is -2.33. The molecule has 0 saturated carbocycles. The number of carbonyl (C=O) groups is 1. The molecule has 1 atom stereocenters. The maximum Gasteiger partial charge on any atom is 0.264 e. The Morgan fingerprint density at radius 1 is 1.40 bits per heavy atom. The van der Waals surface area contributed by atoms with Gasteiger partial charge >= 0.3 is 0 Å². The van der Waals surface area contributed by atoms with E-state index in [2.05, 4.69) is 10.1 Å². The monoisotopic (exact) mass is 359 g/mol. The Hall–Kier alpha value is -2.28. The van der Waals surface area contributed by atoms with Crippen LogP contribution in [0.2, 0.25) is 0 Å². The van der Waals surface area contributed by atoms with Crippen molar-refractivity contribution in [2.45, 2.75) is 38.6 Å². The summed E-state index contributed by atoms with van der Waals surface area (Å²) in [6.45, 7) is 2.62. The minimum absolute atomic E-state index is 0.0471. The summed E-state index contributed by atoms with van der Waals surface area (Å²) in [5.41, 5.74) is 0. The van der Waals surface area contributed by atoms with E-state index in [1.165, 1.54) is 23.5 Å². The number of hydrogen-bond donors (Lipinski definition) is 0. The molecule has 1 amide bonds. The summed E-state index contributed by atoms with van der Waals surface area (Å²) in [6, 6.07) is 6.20. The Labute approximate surface area is 148 Å². The number of halogens is 1. The summed E-state index contributed by atoms with van der Waals surface area (Å²) in [4.78, 5) is 19.9. The number of aromatic nitrogens is 2. The minimum Gasteiger partial charge on any atom is -0.339 e. The van der Waals surface area contributed by atoms with Gasteiger partial charge in [-0.15, -0.1) is 11.3 Å². The summed E-state index contributed by atoms with van der Waals surface area (Å²) in [5.74, 6) is 0.829. The van der Waals surface area contributed by atoms with Gasteiger partial charge in [-0.25, -0.2) is 4.39 Å². The molecule has 0 aliphatic carbocycles. The molecule has 0 spiro atoms. The van der Waals surface area contributed by atoms with Crippen LogP contribution in [-0.4, -0.2) is 27.5 Å². The number of carbonyl (C=O) groups excluding carboxylic acids is 1. The van der Waals surface area contributed by atoms with Crippen LogP contribution in [0.25, 0.3) is 10.1 Å². The van der Waals surface area contributed by atoms with Crippen LogP contribution in [0.15, 0.2) is 28.8 Å². The Morgan fingerprint density at radius 3 is 3.08 bits per heavy atom. The molecule has 5 nitrogen and oxygen atoms in total. The van der Waals surface area contributed by atoms with Gasteiger partial charge in [0.05, 0.1) is 10.9 Å². The van der Waals surface area contributed by atoms with Gasteiger partial charge in [-0.3, -0.25) is 4.79 Å². The molecule has 4 rings (SSSR count). The number of thiophene rings is 1. The fourth-order valence-electron chi connectivity index (χ4n) is 3.25. The average molecular weight is 359 g/mol. The van der Waals surface area contributed by atoms with Crippen molar-refractivity contribution < 1.29 is 13.7 Å². The van der Waals surface area contributed by atoms with Gasteiger partial charge in [0.25, 0.3) is 5.91 Å². The largest absolute Gasteiger partial charge is 0.339 e. The first kappa shape index (κ1) is 16.2. The maximum absolute atomic E-state index is 13.4. The quantitative estimate of drug-likeness (QED) is 0.697. The molecule has 0 bridgehead atoms. The first-order chi connectivity index (χ1) is 12.2. The van der Waals surface area contributed by atoms with Crippen molar-refractivity contribution in [3.63, 3.8) is 0 Å². The van der Waals surface area contributed by atoms with E-state index in [9.17, 15) is 9.18 Å². The second-order valence-electron chi connectivity index (χ2n) is 6.20. The van der Waals surface area contributed by atoms with Crippen molar-refractivity contribution in [1.29, 1.82) is 0 Å². The van der Waals surface area contributed by atoms with Crippen molar-refractivity contribution in [2.24, 2.45) is 0 Å². The lowest BCUT2D eigenvalue weighted by Crippen LogP contribution is -2.38. The van der Waals surface area contributed by atoms with Gasteiger partial charge in [-0.1, -0.05) is 12.1 Å². The SMILES string of the molecule is CCc1nc(C2CCCCN2C(=O)c2cc3cc(F)ccc3s2)no1. The number of likely N-dealkylation sites (tertiary alicyclic amines) is 1. The van der Waals surface area contributed by atoms with Crippen molar-refractivity contribution in [3.8, 4) is 0 Å². The summed E-state index contributed by atoms with van der Waals surface area (Å²) in [7, 11) is 0. The van der Waals surface area contributed by atoms with Crippen molar-refractivity contribution in [3.05, 3.63) is 46.7 Å². The number of benzene rings is 1. The molecule has 1 aliphatic heterocycles. The zero-order valence-electron chi connectivity index (χ0n) is 13.9. The average Bonchev–Trinajstić information content (AvgIpc) is 3.27. The number of fused-ring (bicyclic) bond motifs is 1. The molecule has 1 saturated heterocycles. The molecule has 130 valence electrons. The number of rotatable bonds is 3. The topological polar surface area (TPSA) is 59.2 Å². The van der Waals surface area contributed by atoms with E-state index in [4.69, 9.17) is 4.52 Å². The molecule has 3 aromatic rings. The van der Waals surface area contributed by atoms with Gasteiger partial charge in [0.2, 0.25) is 5.89 Å². The highest BCUT2D eigenvalue weighted by molar-refractivity contribution is 7.20. The third-order valence-corrected chi connectivity index (χ3v) is 5.64. The fraction of sp³-hybridized carbons (Fsp3) is 0.389. The lowest BCUT2D eigenvalue weighted by molar-refractivity contribution is 0.0602. The second kappa shape index (κ2) is 6.55. The highest BCUT2D eigenvalue weighted by Crippen LogP contribution is 2.33. The predicted molar refractivity (Wildman–Crippen MR) is 93.1 cm³/mol. The number of amides is 1. The van der Waals surface area contributed by atoms with Crippen LogP contribution in [0.1, 0.15) is 53.6 Å². The number of hydrogen-bond acceptors (Lipinski definition) is 5. The number of piperidine rings is 1. The van der Waals surface area contributed by atoms with Crippen LogP contribution in [0.5, 0.6) is 0 Å². The molecular weight excluding hydrogens is 341 g/mol. The van der Waals surface area contributed by atoms with E-state index >= 15 is 0 Å². The Bertz CT molecular complexity index is 920. The molecule has 7 heteroatoms. The molecule has 2 aromatic heterocycles. The summed E-state index contributed by atoms with van der Waals surface area (Å²) in [6.07, 6.45) is 3.49. The third-order valence-electron chi connectivity index (χ3n) is 4.54. The summed E-state index contributed by atoms with van der Waals surface area (Å²) in [5, 5.41) is 4.82. The van der Waals surface area contributed by atoms with Gasteiger partial charge in [-0.2, -0.15) is 4.98 Å². The summed E-state index contributed by atoms with van der Waals surface area (Å²) >= 11 is 1.39. The molecule has 1 aliphatic rings. The Balaban J connectivity index is 1.65. The molecule has 1 aromatic carbocycles. The van der Waals surface area contributed by atoms with Crippen molar-refractivity contribution in [1.82, 2.24) is 15.0 Å². The molecule has 0 N–H and O–H groups in total. The summed E-state index contributed by atoms with van der Waals surface area (Å²) < 4.78 is 19.5. The van der Waals surface area contributed by atoms with E-state index in [0.717, 1.165) is 29.3 Å². The predicted octanol–water partition coefficient (Wildman–Crippen LogP) is 4.35. The van der Waals surface area contributed by atoms with E-state index in [1.807, 2.05) is 11.8 Å². The van der Waals surface area contributed by atoms with E-state index in [1.54, 1.807) is 12.1 Å².